The van der Waals surface area contributed by atoms with Gasteiger partial charge in [-0.25, -0.2) is 0 Å². The Morgan fingerprint density at radius 3 is 2.83 bits per heavy atom. The van der Waals surface area contributed by atoms with Crippen molar-refractivity contribution < 1.29 is 18.8 Å². The number of amides is 1. The van der Waals surface area contributed by atoms with E-state index in [0.717, 1.165) is 6.42 Å². The summed E-state index contributed by atoms with van der Waals surface area (Å²) >= 11 is 0. The number of hydrogen-bond donors (Lipinski definition) is 0. The molecule has 9 nitrogen and oxygen atoms in total. The average molecular weight is 410 g/mol. The lowest BCUT2D eigenvalue weighted by molar-refractivity contribution is 0.0766. The van der Waals surface area contributed by atoms with Crippen molar-refractivity contribution in [3.63, 3.8) is 0 Å². The molecule has 1 amide bonds. The molecule has 0 saturated heterocycles. The Kier molecular flexibility index (Phi) is 5.26. The van der Waals surface area contributed by atoms with Gasteiger partial charge in [-0.15, -0.1) is 0 Å². The van der Waals surface area contributed by atoms with Crippen molar-refractivity contribution >= 4 is 5.91 Å². The van der Waals surface area contributed by atoms with Crippen LogP contribution in [0.5, 0.6) is 11.5 Å². The fraction of sp³-hybridized carbons (Fsp3) is 0.333. The van der Waals surface area contributed by atoms with Crippen molar-refractivity contribution in [2.75, 3.05) is 13.8 Å². The van der Waals surface area contributed by atoms with E-state index in [4.69, 9.17) is 14.0 Å². The fourth-order valence-electron chi connectivity index (χ4n) is 3.27. The number of benzene rings is 1. The summed E-state index contributed by atoms with van der Waals surface area (Å²) in [6.45, 7) is 4.02. The number of hydrogen-bond acceptors (Lipinski definition) is 7. The highest BCUT2D eigenvalue weighted by molar-refractivity contribution is 5.95. The SMILES string of the molecule is CCCc1noc(CN(C)C(=O)c2c(C)ccn(-c3ccc4c(c3)OCO4)c2=O)n1. The van der Waals surface area contributed by atoms with Gasteiger partial charge in [0, 0.05) is 25.7 Å². The van der Waals surface area contributed by atoms with E-state index in [2.05, 4.69) is 10.1 Å². The summed E-state index contributed by atoms with van der Waals surface area (Å²) in [5, 5.41) is 3.90. The summed E-state index contributed by atoms with van der Waals surface area (Å²) < 4.78 is 17.3. The molecule has 4 rings (SSSR count). The first-order valence-corrected chi connectivity index (χ1v) is 9.67. The third kappa shape index (κ3) is 3.66. The summed E-state index contributed by atoms with van der Waals surface area (Å²) in [6, 6.07) is 6.93. The summed E-state index contributed by atoms with van der Waals surface area (Å²) in [5.74, 6) is 1.71. The first-order chi connectivity index (χ1) is 14.5. The second-order valence-electron chi connectivity index (χ2n) is 7.10. The minimum Gasteiger partial charge on any atom is -0.454 e. The molecule has 0 fully saturated rings. The molecule has 2 aromatic heterocycles. The van der Waals surface area contributed by atoms with E-state index in [1.165, 1.54) is 9.47 Å². The highest BCUT2D eigenvalue weighted by Crippen LogP contribution is 2.33. The lowest BCUT2D eigenvalue weighted by Crippen LogP contribution is -2.34. The van der Waals surface area contributed by atoms with Crippen LogP contribution in [0.15, 0.2) is 39.8 Å². The molecule has 1 aliphatic rings. The van der Waals surface area contributed by atoms with Gasteiger partial charge in [-0.2, -0.15) is 4.98 Å². The minimum absolute atomic E-state index is 0.0889. The van der Waals surface area contributed by atoms with Gasteiger partial charge >= 0.3 is 0 Å². The summed E-state index contributed by atoms with van der Waals surface area (Å²) in [7, 11) is 1.60. The predicted octanol–water partition coefficient (Wildman–Crippen LogP) is 2.48. The van der Waals surface area contributed by atoms with E-state index in [-0.39, 0.29) is 18.9 Å². The van der Waals surface area contributed by atoms with E-state index >= 15 is 0 Å². The van der Waals surface area contributed by atoms with Crippen LogP contribution in [0.1, 0.15) is 41.0 Å². The van der Waals surface area contributed by atoms with Crippen LogP contribution < -0.4 is 15.0 Å². The molecule has 156 valence electrons. The topological polar surface area (TPSA) is 99.7 Å². The van der Waals surface area contributed by atoms with Crippen molar-refractivity contribution in [2.45, 2.75) is 33.2 Å². The Morgan fingerprint density at radius 2 is 2.03 bits per heavy atom. The fourth-order valence-corrected chi connectivity index (χ4v) is 3.27. The molecular weight excluding hydrogens is 388 g/mol. The van der Waals surface area contributed by atoms with Crippen molar-refractivity contribution in [3.05, 3.63) is 63.7 Å². The molecular formula is C21H22N4O5. The summed E-state index contributed by atoms with van der Waals surface area (Å²) in [5.41, 5.74) is 0.849. The zero-order valence-corrected chi connectivity index (χ0v) is 17.0. The number of carbonyl (C=O) groups excluding carboxylic acids is 1. The first kappa shape index (κ1) is 19.7. The Hall–Kier alpha value is -3.62. The molecule has 0 aliphatic carbocycles. The van der Waals surface area contributed by atoms with Crippen LogP contribution in [0.4, 0.5) is 0 Å². The van der Waals surface area contributed by atoms with Gasteiger partial charge in [-0.1, -0.05) is 12.1 Å². The van der Waals surface area contributed by atoms with Gasteiger partial charge in [-0.05, 0) is 37.1 Å². The Labute approximate surface area is 172 Å². The van der Waals surface area contributed by atoms with Crippen LogP contribution in [0.3, 0.4) is 0 Å². The normalized spacial score (nSPS) is 12.2. The molecule has 0 bridgehead atoms. The Bertz CT molecular complexity index is 1150. The third-order valence-corrected chi connectivity index (χ3v) is 4.85. The van der Waals surface area contributed by atoms with Gasteiger partial charge in [0.2, 0.25) is 12.7 Å². The van der Waals surface area contributed by atoms with Crippen molar-refractivity contribution in [1.29, 1.82) is 0 Å². The molecule has 30 heavy (non-hydrogen) atoms. The van der Waals surface area contributed by atoms with Crippen LogP contribution >= 0.6 is 0 Å². The number of fused-ring (bicyclic) bond motifs is 1. The maximum atomic E-state index is 13.2. The standard InChI is InChI=1S/C21H22N4O5/c1-4-5-17-22-18(30-23-17)11-24(3)20(26)19-13(2)8-9-25(21(19)27)14-6-7-15-16(10-14)29-12-28-15/h6-10H,4-5,11-12H2,1-3H3. The molecule has 0 saturated carbocycles. The highest BCUT2D eigenvalue weighted by atomic mass is 16.7. The van der Waals surface area contributed by atoms with Crippen LogP contribution in [0, 0.1) is 6.92 Å². The smallest absolute Gasteiger partial charge is 0.268 e. The van der Waals surface area contributed by atoms with Gasteiger partial charge < -0.3 is 18.9 Å². The van der Waals surface area contributed by atoms with E-state index in [1.54, 1.807) is 44.4 Å². The van der Waals surface area contributed by atoms with Gasteiger partial charge in [-0.3, -0.25) is 14.2 Å². The molecule has 0 radical (unpaired) electrons. The summed E-state index contributed by atoms with van der Waals surface area (Å²) in [4.78, 5) is 31.9. The molecule has 9 heteroatoms. The lowest BCUT2D eigenvalue weighted by atomic mass is 10.1. The number of aryl methyl sites for hydroxylation is 2. The second-order valence-corrected chi connectivity index (χ2v) is 7.10. The number of ether oxygens (including phenoxy) is 2. The van der Waals surface area contributed by atoms with E-state index < -0.39 is 11.5 Å². The molecule has 1 aromatic carbocycles. The molecule has 0 N–H and O–H groups in total. The van der Waals surface area contributed by atoms with Crippen LogP contribution in [0.2, 0.25) is 0 Å². The van der Waals surface area contributed by atoms with E-state index in [1.807, 2.05) is 6.92 Å². The number of carbonyl (C=O) groups is 1. The quantitative estimate of drug-likeness (QED) is 0.615. The van der Waals surface area contributed by atoms with Gasteiger partial charge in [0.15, 0.2) is 17.3 Å². The third-order valence-electron chi connectivity index (χ3n) is 4.85. The molecule has 0 spiro atoms. The van der Waals surface area contributed by atoms with Crippen molar-refractivity contribution in [1.82, 2.24) is 19.6 Å². The van der Waals surface area contributed by atoms with Crippen LogP contribution in [-0.4, -0.2) is 39.4 Å². The van der Waals surface area contributed by atoms with Gasteiger partial charge in [0.05, 0.1) is 12.2 Å². The molecule has 1 aliphatic heterocycles. The second kappa shape index (κ2) is 8.02. The first-order valence-electron chi connectivity index (χ1n) is 9.67. The minimum atomic E-state index is -0.414. The number of nitrogens with zero attached hydrogens (tertiary/aromatic N) is 4. The van der Waals surface area contributed by atoms with Gasteiger partial charge in [0.1, 0.15) is 5.56 Å². The zero-order chi connectivity index (χ0) is 21.3. The average Bonchev–Trinajstić information content (AvgIpc) is 3.37. The lowest BCUT2D eigenvalue weighted by Gasteiger charge is -2.17. The molecule has 0 unspecified atom stereocenters. The Balaban J connectivity index is 1.62. The Morgan fingerprint density at radius 1 is 1.23 bits per heavy atom. The maximum absolute atomic E-state index is 13.2. The van der Waals surface area contributed by atoms with Crippen molar-refractivity contribution in [2.24, 2.45) is 0 Å². The van der Waals surface area contributed by atoms with E-state index in [9.17, 15) is 9.59 Å². The van der Waals surface area contributed by atoms with Crippen LogP contribution in [0.25, 0.3) is 5.69 Å². The van der Waals surface area contributed by atoms with Crippen molar-refractivity contribution in [3.8, 4) is 17.2 Å². The number of aromatic nitrogens is 3. The molecule has 3 heterocycles. The zero-order valence-electron chi connectivity index (χ0n) is 17.0. The largest absolute Gasteiger partial charge is 0.454 e. The predicted molar refractivity (Wildman–Crippen MR) is 107 cm³/mol. The van der Waals surface area contributed by atoms with Gasteiger partial charge in [0.25, 0.3) is 11.5 Å². The summed E-state index contributed by atoms with van der Waals surface area (Å²) in [6.07, 6.45) is 3.25. The van der Waals surface area contributed by atoms with Crippen LogP contribution in [-0.2, 0) is 13.0 Å². The number of rotatable bonds is 6. The van der Waals surface area contributed by atoms with E-state index in [0.29, 0.717) is 40.9 Å². The number of pyridine rings is 1. The molecule has 0 atom stereocenters. The highest BCUT2D eigenvalue weighted by Gasteiger charge is 2.22. The molecule has 3 aromatic rings. The monoisotopic (exact) mass is 410 g/mol. The maximum Gasteiger partial charge on any atom is 0.268 e.